The first-order valence-corrected chi connectivity index (χ1v) is 8.32. The van der Waals surface area contributed by atoms with E-state index in [-0.39, 0.29) is 24.5 Å². The molecule has 8 nitrogen and oxygen atoms in total. The predicted molar refractivity (Wildman–Crippen MR) is 95.6 cm³/mol. The van der Waals surface area contributed by atoms with Crippen LogP contribution in [0.2, 0.25) is 0 Å². The van der Waals surface area contributed by atoms with E-state index in [0.29, 0.717) is 36.1 Å². The number of nitrogens with one attached hydrogen (secondary N) is 1. The van der Waals surface area contributed by atoms with Crippen molar-refractivity contribution in [3.05, 3.63) is 42.2 Å². The Balaban J connectivity index is 1.79. The molecule has 1 aromatic carbocycles. The highest BCUT2D eigenvalue weighted by molar-refractivity contribution is 6.00. The fourth-order valence-electron chi connectivity index (χ4n) is 3.15. The lowest BCUT2D eigenvalue weighted by atomic mass is 10.0. The Morgan fingerprint density at radius 2 is 1.85 bits per heavy atom. The molecule has 138 valence electrons. The Bertz CT molecular complexity index is 734. The molecule has 1 fully saturated rings. The summed E-state index contributed by atoms with van der Waals surface area (Å²) in [5.74, 6) is 1.02. The predicted octanol–water partition coefficient (Wildman–Crippen LogP) is 0.721. The maximum atomic E-state index is 12.9. The minimum absolute atomic E-state index is 0.0443. The molecular formula is C18H22N4O4. The van der Waals surface area contributed by atoms with Crippen molar-refractivity contribution in [2.75, 3.05) is 38.8 Å². The van der Waals surface area contributed by atoms with E-state index in [1.165, 1.54) is 14.2 Å². The average Bonchev–Trinajstić information content (AvgIpc) is 3.10. The van der Waals surface area contributed by atoms with Gasteiger partial charge in [-0.25, -0.2) is 9.97 Å². The SMILES string of the molecule is COc1cccc(OC)c1C(=O)N[C@@H]1CN(c2ncccn2)C[C@H]1CO. The molecule has 26 heavy (non-hydrogen) atoms. The van der Waals surface area contributed by atoms with Crippen LogP contribution in [0.25, 0.3) is 0 Å². The van der Waals surface area contributed by atoms with Gasteiger partial charge >= 0.3 is 0 Å². The second-order valence-electron chi connectivity index (χ2n) is 6.01. The van der Waals surface area contributed by atoms with Crippen LogP contribution in [0.5, 0.6) is 11.5 Å². The normalized spacial score (nSPS) is 19.3. The number of amides is 1. The van der Waals surface area contributed by atoms with Crippen LogP contribution in [0.15, 0.2) is 36.7 Å². The lowest BCUT2D eigenvalue weighted by Crippen LogP contribution is -2.41. The van der Waals surface area contributed by atoms with Crippen LogP contribution in [-0.4, -0.2) is 60.9 Å². The molecule has 1 aliphatic rings. The summed E-state index contributed by atoms with van der Waals surface area (Å²) in [5.41, 5.74) is 0.337. The smallest absolute Gasteiger partial charge is 0.259 e. The zero-order chi connectivity index (χ0) is 18.5. The van der Waals surface area contributed by atoms with Gasteiger partial charge in [0, 0.05) is 38.0 Å². The first-order chi connectivity index (χ1) is 12.7. The van der Waals surface area contributed by atoms with Crippen LogP contribution < -0.4 is 19.7 Å². The maximum absolute atomic E-state index is 12.9. The molecule has 2 aromatic rings. The largest absolute Gasteiger partial charge is 0.496 e. The standard InChI is InChI=1S/C18H22N4O4/c1-25-14-5-3-6-15(26-2)16(14)17(24)21-13-10-22(9-12(13)11-23)18-19-7-4-8-20-18/h3-8,12-13,23H,9-11H2,1-2H3,(H,21,24)/t12-,13+/m0/s1. The Morgan fingerprint density at radius 1 is 1.19 bits per heavy atom. The number of hydrogen-bond donors (Lipinski definition) is 2. The van der Waals surface area contributed by atoms with E-state index in [1.807, 2.05) is 4.90 Å². The van der Waals surface area contributed by atoms with E-state index in [9.17, 15) is 9.90 Å². The zero-order valence-corrected chi connectivity index (χ0v) is 14.8. The molecule has 0 aliphatic carbocycles. The summed E-state index contributed by atoms with van der Waals surface area (Å²) in [4.78, 5) is 23.3. The summed E-state index contributed by atoms with van der Waals surface area (Å²) >= 11 is 0. The Morgan fingerprint density at radius 3 is 2.42 bits per heavy atom. The van der Waals surface area contributed by atoms with Gasteiger partial charge in [-0.2, -0.15) is 0 Å². The van der Waals surface area contributed by atoms with Crippen molar-refractivity contribution in [2.24, 2.45) is 5.92 Å². The van der Waals surface area contributed by atoms with Gasteiger partial charge in [-0.1, -0.05) is 6.07 Å². The molecule has 0 unspecified atom stereocenters. The second kappa shape index (κ2) is 8.01. The summed E-state index contributed by atoms with van der Waals surface area (Å²) in [6, 6.07) is 6.68. The highest BCUT2D eigenvalue weighted by atomic mass is 16.5. The lowest BCUT2D eigenvalue weighted by Gasteiger charge is -2.19. The average molecular weight is 358 g/mol. The number of aromatic nitrogens is 2. The lowest BCUT2D eigenvalue weighted by molar-refractivity contribution is 0.0915. The third-order valence-electron chi connectivity index (χ3n) is 4.48. The number of aliphatic hydroxyl groups excluding tert-OH is 1. The van der Waals surface area contributed by atoms with Crippen LogP contribution >= 0.6 is 0 Å². The van der Waals surface area contributed by atoms with Gasteiger partial charge in [0.05, 0.1) is 20.3 Å². The van der Waals surface area contributed by atoms with Crippen molar-refractivity contribution in [1.29, 1.82) is 0 Å². The van der Waals surface area contributed by atoms with Crippen LogP contribution in [0.1, 0.15) is 10.4 Å². The summed E-state index contributed by atoms with van der Waals surface area (Å²) in [6.07, 6.45) is 3.34. The molecule has 0 saturated carbocycles. The quantitative estimate of drug-likeness (QED) is 0.785. The van der Waals surface area contributed by atoms with Crippen LogP contribution in [0.3, 0.4) is 0 Å². The van der Waals surface area contributed by atoms with Crippen LogP contribution in [0.4, 0.5) is 5.95 Å². The fraction of sp³-hybridized carbons (Fsp3) is 0.389. The molecule has 0 bridgehead atoms. The highest BCUT2D eigenvalue weighted by Crippen LogP contribution is 2.29. The molecule has 2 heterocycles. The molecule has 2 atom stereocenters. The van der Waals surface area contributed by atoms with Gasteiger partial charge in [-0.15, -0.1) is 0 Å². The van der Waals surface area contributed by atoms with Crippen LogP contribution in [-0.2, 0) is 0 Å². The van der Waals surface area contributed by atoms with E-state index in [1.54, 1.807) is 36.7 Å². The van der Waals surface area contributed by atoms with Crippen molar-refractivity contribution < 1.29 is 19.4 Å². The maximum Gasteiger partial charge on any atom is 0.259 e. The van der Waals surface area contributed by atoms with Crippen molar-refractivity contribution >= 4 is 11.9 Å². The molecule has 3 rings (SSSR count). The number of ether oxygens (including phenoxy) is 2. The zero-order valence-electron chi connectivity index (χ0n) is 14.8. The Labute approximate surface area is 151 Å². The van der Waals surface area contributed by atoms with Crippen molar-refractivity contribution in [3.63, 3.8) is 0 Å². The van der Waals surface area contributed by atoms with E-state index < -0.39 is 0 Å². The van der Waals surface area contributed by atoms with E-state index in [4.69, 9.17) is 9.47 Å². The number of benzene rings is 1. The van der Waals surface area contributed by atoms with Crippen molar-refractivity contribution in [3.8, 4) is 11.5 Å². The number of hydrogen-bond acceptors (Lipinski definition) is 7. The fourth-order valence-corrected chi connectivity index (χ4v) is 3.15. The van der Waals surface area contributed by atoms with Gasteiger partial charge in [-0.05, 0) is 18.2 Å². The first-order valence-electron chi connectivity index (χ1n) is 8.32. The monoisotopic (exact) mass is 358 g/mol. The van der Waals surface area contributed by atoms with E-state index >= 15 is 0 Å². The third-order valence-corrected chi connectivity index (χ3v) is 4.48. The molecular weight excluding hydrogens is 336 g/mol. The van der Waals surface area contributed by atoms with E-state index in [2.05, 4.69) is 15.3 Å². The number of carbonyl (C=O) groups is 1. The molecule has 1 aliphatic heterocycles. The topological polar surface area (TPSA) is 96.8 Å². The molecule has 2 N–H and O–H groups in total. The molecule has 1 amide bonds. The van der Waals surface area contributed by atoms with Gasteiger partial charge in [0.15, 0.2) is 0 Å². The van der Waals surface area contributed by atoms with Gasteiger partial charge < -0.3 is 24.8 Å². The van der Waals surface area contributed by atoms with Gasteiger partial charge in [-0.3, -0.25) is 4.79 Å². The van der Waals surface area contributed by atoms with Crippen molar-refractivity contribution in [1.82, 2.24) is 15.3 Å². The summed E-state index contributed by atoms with van der Waals surface area (Å²) in [7, 11) is 3.01. The number of aliphatic hydroxyl groups is 1. The van der Waals surface area contributed by atoms with Gasteiger partial charge in [0.1, 0.15) is 17.1 Å². The molecule has 8 heteroatoms. The van der Waals surface area contributed by atoms with Crippen LogP contribution in [0, 0.1) is 5.92 Å². The Hall–Kier alpha value is -2.87. The molecule has 1 aromatic heterocycles. The summed E-state index contributed by atoms with van der Waals surface area (Å²) in [5, 5.41) is 12.7. The third kappa shape index (κ3) is 3.55. The van der Waals surface area contributed by atoms with Gasteiger partial charge in [0.2, 0.25) is 5.95 Å². The van der Waals surface area contributed by atoms with Gasteiger partial charge in [0.25, 0.3) is 5.91 Å². The minimum Gasteiger partial charge on any atom is -0.496 e. The number of anilines is 1. The van der Waals surface area contributed by atoms with Crippen molar-refractivity contribution in [2.45, 2.75) is 6.04 Å². The number of carbonyl (C=O) groups excluding carboxylic acids is 1. The number of methoxy groups -OCH3 is 2. The number of rotatable bonds is 6. The summed E-state index contributed by atoms with van der Waals surface area (Å²) in [6.45, 7) is 1.03. The minimum atomic E-state index is -0.307. The molecule has 0 spiro atoms. The Kier molecular flexibility index (Phi) is 5.52. The number of nitrogens with zero attached hydrogens (tertiary/aromatic N) is 3. The first kappa shape index (κ1) is 17.9. The highest BCUT2D eigenvalue weighted by Gasteiger charge is 2.35. The molecule has 1 saturated heterocycles. The van der Waals surface area contributed by atoms with E-state index in [0.717, 1.165) is 0 Å². The summed E-state index contributed by atoms with van der Waals surface area (Å²) < 4.78 is 10.6. The molecule has 0 radical (unpaired) electrons. The second-order valence-corrected chi connectivity index (χ2v) is 6.01.